The van der Waals surface area contributed by atoms with Crippen molar-refractivity contribution in [3.05, 3.63) is 29.6 Å². The Morgan fingerprint density at radius 1 is 1.38 bits per heavy atom. The molecule has 2 rings (SSSR count). The number of nitrogens with one attached hydrogen (secondary N) is 2. The monoisotopic (exact) mass is 219 g/mol. The molecule has 4 nitrogen and oxygen atoms in total. The topological polar surface area (TPSA) is 57.8 Å². The van der Waals surface area contributed by atoms with E-state index < -0.39 is 0 Å². The van der Waals surface area contributed by atoms with Gasteiger partial charge in [0.05, 0.1) is 11.1 Å². The van der Waals surface area contributed by atoms with Crippen LogP contribution in [0.25, 0.3) is 11.0 Å². The van der Waals surface area contributed by atoms with Gasteiger partial charge in [-0.25, -0.2) is 0 Å². The standard InChI is InChI=1S/C10H11N3O.C2H6/c1-6-3-4-8-9(13-6)7(5-12-8)10(14)11-2;1-2/h3-5,12H,1-2H3,(H,11,14);1-2H3. The van der Waals surface area contributed by atoms with Crippen molar-refractivity contribution in [1.82, 2.24) is 15.3 Å². The molecule has 0 aliphatic carbocycles. The van der Waals surface area contributed by atoms with E-state index in [4.69, 9.17) is 0 Å². The molecule has 0 saturated heterocycles. The molecule has 4 heteroatoms. The Kier molecular flexibility index (Phi) is 4.05. The van der Waals surface area contributed by atoms with Crippen LogP contribution in [0.1, 0.15) is 29.9 Å². The molecule has 2 N–H and O–H groups in total. The summed E-state index contributed by atoms with van der Waals surface area (Å²) in [5, 5.41) is 2.58. The van der Waals surface area contributed by atoms with Crippen LogP contribution in [0, 0.1) is 6.92 Å². The predicted octanol–water partition coefficient (Wildman–Crippen LogP) is 2.26. The molecule has 0 bridgehead atoms. The Hall–Kier alpha value is -1.84. The summed E-state index contributed by atoms with van der Waals surface area (Å²) in [7, 11) is 1.61. The lowest BCUT2D eigenvalue weighted by molar-refractivity contribution is 0.0964. The Morgan fingerprint density at radius 2 is 2.06 bits per heavy atom. The number of rotatable bonds is 1. The van der Waals surface area contributed by atoms with Gasteiger partial charge in [-0.3, -0.25) is 9.78 Å². The summed E-state index contributed by atoms with van der Waals surface area (Å²) in [6, 6.07) is 3.83. The quantitative estimate of drug-likeness (QED) is 0.773. The molecule has 2 aromatic rings. The molecule has 0 spiro atoms. The lowest BCUT2D eigenvalue weighted by Gasteiger charge is -1.97. The van der Waals surface area contributed by atoms with E-state index in [9.17, 15) is 4.79 Å². The summed E-state index contributed by atoms with van der Waals surface area (Å²) in [6.45, 7) is 5.90. The van der Waals surface area contributed by atoms with E-state index in [1.54, 1.807) is 13.2 Å². The first kappa shape index (κ1) is 12.2. The molecule has 0 radical (unpaired) electrons. The number of amides is 1. The van der Waals surface area contributed by atoms with Gasteiger partial charge in [-0.2, -0.15) is 0 Å². The summed E-state index contributed by atoms with van der Waals surface area (Å²) in [5.74, 6) is -0.116. The van der Waals surface area contributed by atoms with Gasteiger partial charge >= 0.3 is 0 Å². The number of aryl methyl sites for hydroxylation is 1. The largest absolute Gasteiger partial charge is 0.359 e. The van der Waals surface area contributed by atoms with Gasteiger partial charge in [-0.1, -0.05) is 13.8 Å². The molecule has 0 unspecified atom stereocenters. The summed E-state index contributed by atoms with van der Waals surface area (Å²) < 4.78 is 0. The smallest absolute Gasteiger partial charge is 0.254 e. The number of aromatic amines is 1. The third-order valence-electron chi connectivity index (χ3n) is 2.13. The maximum absolute atomic E-state index is 11.4. The molecule has 0 aliphatic heterocycles. The van der Waals surface area contributed by atoms with Crippen LogP contribution in [0.2, 0.25) is 0 Å². The van der Waals surface area contributed by atoms with E-state index in [0.29, 0.717) is 5.56 Å². The number of fused-ring (bicyclic) bond motifs is 1. The first-order chi connectivity index (χ1) is 7.72. The third kappa shape index (κ3) is 2.21. The lowest BCUT2D eigenvalue weighted by atomic mass is 10.2. The van der Waals surface area contributed by atoms with Crippen molar-refractivity contribution in [2.75, 3.05) is 7.05 Å². The first-order valence-electron chi connectivity index (χ1n) is 5.39. The number of carbonyl (C=O) groups is 1. The van der Waals surface area contributed by atoms with Gasteiger partial charge in [0.25, 0.3) is 5.91 Å². The normalized spacial score (nSPS) is 9.50. The van der Waals surface area contributed by atoms with Crippen LogP contribution in [0.5, 0.6) is 0 Å². The predicted molar refractivity (Wildman–Crippen MR) is 65.6 cm³/mol. The van der Waals surface area contributed by atoms with Gasteiger partial charge < -0.3 is 10.3 Å². The number of aromatic nitrogens is 2. The van der Waals surface area contributed by atoms with E-state index in [1.165, 1.54) is 0 Å². The summed E-state index contributed by atoms with van der Waals surface area (Å²) in [4.78, 5) is 18.7. The molecule has 2 heterocycles. The molecule has 16 heavy (non-hydrogen) atoms. The zero-order chi connectivity index (χ0) is 12.1. The maximum Gasteiger partial charge on any atom is 0.254 e. The molecule has 1 amide bonds. The van der Waals surface area contributed by atoms with Gasteiger partial charge in [-0.15, -0.1) is 0 Å². The molecule has 2 aromatic heterocycles. The highest BCUT2D eigenvalue weighted by Gasteiger charge is 2.11. The van der Waals surface area contributed by atoms with Crippen molar-refractivity contribution >= 4 is 16.9 Å². The fourth-order valence-electron chi connectivity index (χ4n) is 1.40. The highest BCUT2D eigenvalue weighted by Crippen LogP contribution is 2.15. The minimum Gasteiger partial charge on any atom is -0.359 e. The van der Waals surface area contributed by atoms with Gasteiger partial charge in [0.15, 0.2) is 0 Å². The van der Waals surface area contributed by atoms with E-state index >= 15 is 0 Å². The molecule has 0 aliphatic rings. The van der Waals surface area contributed by atoms with Gasteiger partial charge in [-0.05, 0) is 19.1 Å². The van der Waals surface area contributed by atoms with Gasteiger partial charge in [0.2, 0.25) is 0 Å². The Morgan fingerprint density at radius 3 is 2.69 bits per heavy atom. The number of hydrogen-bond donors (Lipinski definition) is 2. The number of hydrogen-bond acceptors (Lipinski definition) is 2. The molecule has 0 fully saturated rings. The van der Waals surface area contributed by atoms with E-state index in [1.807, 2.05) is 32.9 Å². The highest BCUT2D eigenvalue weighted by atomic mass is 16.1. The number of nitrogens with zero attached hydrogens (tertiary/aromatic N) is 1. The SMILES string of the molecule is CC.CNC(=O)c1c[nH]c2ccc(C)nc12. The molecular formula is C12H17N3O. The van der Waals surface area contributed by atoms with Crippen molar-refractivity contribution in [3.8, 4) is 0 Å². The average Bonchev–Trinajstić information content (AvgIpc) is 2.73. The van der Waals surface area contributed by atoms with Crippen LogP contribution in [-0.4, -0.2) is 22.9 Å². The van der Waals surface area contributed by atoms with E-state index in [-0.39, 0.29) is 5.91 Å². The van der Waals surface area contributed by atoms with Gasteiger partial charge in [0.1, 0.15) is 5.52 Å². The Labute approximate surface area is 95.1 Å². The fraction of sp³-hybridized carbons (Fsp3) is 0.333. The number of H-pyrrole nitrogens is 1. The maximum atomic E-state index is 11.4. The second-order valence-electron chi connectivity index (χ2n) is 3.13. The minimum atomic E-state index is -0.116. The molecule has 0 atom stereocenters. The first-order valence-corrected chi connectivity index (χ1v) is 5.39. The summed E-state index contributed by atoms with van der Waals surface area (Å²) in [6.07, 6.45) is 1.68. The van der Waals surface area contributed by atoms with Crippen molar-refractivity contribution in [3.63, 3.8) is 0 Å². The minimum absolute atomic E-state index is 0.116. The van der Waals surface area contributed by atoms with Crippen LogP contribution < -0.4 is 5.32 Å². The fourth-order valence-corrected chi connectivity index (χ4v) is 1.40. The van der Waals surface area contributed by atoms with Crippen molar-refractivity contribution in [2.45, 2.75) is 20.8 Å². The van der Waals surface area contributed by atoms with Crippen LogP contribution in [-0.2, 0) is 0 Å². The van der Waals surface area contributed by atoms with Gasteiger partial charge in [0, 0.05) is 18.9 Å². The Bertz CT molecular complexity index is 488. The average molecular weight is 219 g/mol. The molecule has 0 aromatic carbocycles. The Balaban J connectivity index is 0.000000606. The molecule has 0 saturated carbocycles. The summed E-state index contributed by atoms with van der Waals surface area (Å²) >= 11 is 0. The zero-order valence-corrected chi connectivity index (χ0v) is 10.1. The summed E-state index contributed by atoms with van der Waals surface area (Å²) in [5.41, 5.74) is 3.10. The van der Waals surface area contributed by atoms with Crippen molar-refractivity contribution < 1.29 is 4.79 Å². The van der Waals surface area contributed by atoms with Crippen LogP contribution in [0.3, 0.4) is 0 Å². The molecular weight excluding hydrogens is 202 g/mol. The second-order valence-corrected chi connectivity index (χ2v) is 3.13. The lowest BCUT2D eigenvalue weighted by Crippen LogP contribution is -2.17. The third-order valence-corrected chi connectivity index (χ3v) is 2.13. The van der Waals surface area contributed by atoms with Crippen LogP contribution in [0.15, 0.2) is 18.3 Å². The van der Waals surface area contributed by atoms with Crippen molar-refractivity contribution in [2.24, 2.45) is 0 Å². The zero-order valence-electron chi connectivity index (χ0n) is 10.1. The van der Waals surface area contributed by atoms with Crippen LogP contribution >= 0.6 is 0 Å². The van der Waals surface area contributed by atoms with E-state index in [0.717, 1.165) is 16.7 Å². The second kappa shape index (κ2) is 5.30. The highest BCUT2D eigenvalue weighted by molar-refractivity contribution is 6.05. The molecule has 86 valence electrons. The number of carbonyl (C=O) groups excluding carboxylic acids is 1. The van der Waals surface area contributed by atoms with Crippen LogP contribution in [0.4, 0.5) is 0 Å². The number of pyridine rings is 1. The van der Waals surface area contributed by atoms with Crippen molar-refractivity contribution in [1.29, 1.82) is 0 Å². The van der Waals surface area contributed by atoms with E-state index in [2.05, 4.69) is 15.3 Å².